The number of carbonyl (C=O) groups is 1. The predicted octanol–water partition coefficient (Wildman–Crippen LogP) is 4.62. The van der Waals surface area contributed by atoms with E-state index < -0.39 is 17.8 Å². The number of hydrogen-bond acceptors (Lipinski definition) is 4. The quantitative estimate of drug-likeness (QED) is 0.551. The molecule has 30 heavy (non-hydrogen) atoms. The summed E-state index contributed by atoms with van der Waals surface area (Å²) >= 11 is 1.24. The molecule has 1 atom stereocenters. The Labute approximate surface area is 176 Å². The summed E-state index contributed by atoms with van der Waals surface area (Å²) in [6.07, 6.45) is -4.42. The maximum atomic E-state index is 12.9. The lowest BCUT2D eigenvalue weighted by Crippen LogP contribution is -2.28. The molecule has 9 heteroatoms. The molecule has 1 unspecified atom stereocenters. The van der Waals surface area contributed by atoms with Crippen LogP contribution in [0.25, 0.3) is 0 Å². The summed E-state index contributed by atoms with van der Waals surface area (Å²) in [6, 6.07) is 14.2. The number of nitrogens with one attached hydrogen (secondary N) is 1. The summed E-state index contributed by atoms with van der Waals surface area (Å²) < 4.78 is 40.6. The number of thioether (sulfide) groups is 1. The van der Waals surface area contributed by atoms with Crippen LogP contribution >= 0.6 is 11.8 Å². The lowest BCUT2D eigenvalue weighted by Gasteiger charge is -2.16. The molecule has 0 saturated carbocycles. The number of benzene rings is 2. The van der Waals surface area contributed by atoms with Gasteiger partial charge in [-0.05, 0) is 37.1 Å². The van der Waals surface area contributed by atoms with E-state index >= 15 is 0 Å². The number of carbonyl (C=O) groups excluding carboxylic acids is 1. The number of rotatable bonds is 7. The summed E-state index contributed by atoms with van der Waals surface area (Å²) in [5, 5.41) is 11.6. The first-order chi connectivity index (χ1) is 14.2. The molecule has 158 valence electrons. The van der Waals surface area contributed by atoms with Crippen LogP contribution in [0.15, 0.2) is 59.8 Å². The Kier molecular flexibility index (Phi) is 6.81. The van der Waals surface area contributed by atoms with Crippen molar-refractivity contribution in [1.29, 1.82) is 0 Å². The fourth-order valence-corrected chi connectivity index (χ4v) is 3.69. The van der Waals surface area contributed by atoms with E-state index in [-0.39, 0.29) is 11.7 Å². The lowest BCUT2D eigenvalue weighted by molar-refractivity contribution is -0.137. The van der Waals surface area contributed by atoms with Crippen LogP contribution in [-0.2, 0) is 17.5 Å². The van der Waals surface area contributed by atoms with Gasteiger partial charge in [0.05, 0.1) is 23.9 Å². The van der Waals surface area contributed by atoms with Gasteiger partial charge in [-0.25, -0.2) is 0 Å². The van der Waals surface area contributed by atoms with E-state index in [1.807, 2.05) is 41.8 Å². The van der Waals surface area contributed by atoms with Crippen LogP contribution in [0.5, 0.6) is 0 Å². The third-order valence-corrected chi connectivity index (χ3v) is 5.48. The van der Waals surface area contributed by atoms with E-state index in [1.165, 1.54) is 17.8 Å². The summed E-state index contributed by atoms with van der Waals surface area (Å²) in [6.45, 7) is 4.08. The van der Waals surface area contributed by atoms with Crippen molar-refractivity contribution in [2.75, 3.05) is 5.75 Å². The Morgan fingerprint density at radius 2 is 1.87 bits per heavy atom. The molecule has 0 aliphatic heterocycles. The van der Waals surface area contributed by atoms with Crippen LogP contribution in [0.4, 0.5) is 13.2 Å². The van der Waals surface area contributed by atoms with Crippen LogP contribution in [-0.4, -0.2) is 26.4 Å². The Balaban J connectivity index is 1.60. The van der Waals surface area contributed by atoms with E-state index in [4.69, 9.17) is 0 Å². The summed E-state index contributed by atoms with van der Waals surface area (Å²) in [5.74, 6) is 0.520. The Bertz CT molecular complexity index is 1000. The van der Waals surface area contributed by atoms with Crippen LogP contribution in [0.2, 0.25) is 0 Å². The van der Waals surface area contributed by atoms with Gasteiger partial charge in [-0.3, -0.25) is 4.79 Å². The number of alkyl halides is 3. The summed E-state index contributed by atoms with van der Waals surface area (Å²) in [7, 11) is 0. The van der Waals surface area contributed by atoms with Gasteiger partial charge in [0.15, 0.2) is 5.16 Å². The third-order valence-electron chi connectivity index (χ3n) is 4.51. The van der Waals surface area contributed by atoms with E-state index in [9.17, 15) is 18.0 Å². The molecule has 0 radical (unpaired) electrons. The van der Waals surface area contributed by atoms with Crippen molar-refractivity contribution in [2.24, 2.45) is 0 Å². The Morgan fingerprint density at radius 1 is 1.13 bits per heavy atom. The highest BCUT2D eigenvalue weighted by atomic mass is 32.2. The number of aryl methyl sites for hydroxylation is 1. The van der Waals surface area contributed by atoms with Crippen molar-refractivity contribution in [2.45, 2.75) is 37.8 Å². The highest BCUT2D eigenvalue weighted by Gasteiger charge is 2.30. The highest BCUT2D eigenvalue weighted by molar-refractivity contribution is 7.99. The third kappa shape index (κ3) is 5.63. The monoisotopic (exact) mass is 434 g/mol. The van der Waals surface area contributed by atoms with Crippen LogP contribution in [0, 0.1) is 6.92 Å². The first-order valence-corrected chi connectivity index (χ1v) is 10.3. The van der Waals surface area contributed by atoms with Gasteiger partial charge in [-0.2, -0.15) is 13.2 Å². The van der Waals surface area contributed by atoms with Gasteiger partial charge in [0.1, 0.15) is 5.82 Å². The standard InChI is InChI=1S/C21H21F3N4OS/c1-14(17-9-6-10-18(11-17)21(22,23)24)25-19(29)13-30-20-27-26-15(2)28(20)12-16-7-4-3-5-8-16/h3-11,14H,12-13H2,1-2H3,(H,25,29). The summed E-state index contributed by atoms with van der Waals surface area (Å²) in [4.78, 5) is 12.3. The molecule has 2 aromatic carbocycles. The average molecular weight is 434 g/mol. The molecular formula is C21H21F3N4OS. The zero-order valence-corrected chi connectivity index (χ0v) is 17.3. The zero-order valence-electron chi connectivity index (χ0n) is 16.5. The van der Waals surface area contributed by atoms with Gasteiger partial charge in [0.25, 0.3) is 0 Å². The predicted molar refractivity (Wildman–Crippen MR) is 109 cm³/mol. The molecule has 3 aromatic rings. The minimum Gasteiger partial charge on any atom is -0.349 e. The van der Waals surface area contributed by atoms with E-state index in [2.05, 4.69) is 15.5 Å². The SMILES string of the molecule is Cc1nnc(SCC(=O)NC(C)c2cccc(C(F)(F)F)c2)n1Cc1ccccc1. The maximum Gasteiger partial charge on any atom is 0.416 e. The topological polar surface area (TPSA) is 59.8 Å². The van der Waals surface area contributed by atoms with Crippen molar-refractivity contribution < 1.29 is 18.0 Å². The normalized spacial score (nSPS) is 12.6. The number of aromatic nitrogens is 3. The van der Waals surface area contributed by atoms with Gasteiger partial charge in [0.2, 0.25) is 5.91 Å². The van der Waals surface area contributed by atoms with Crippen molar-refractivity contribution in [3.05, 3.63) is 77.1 Å². The van der Waals surface area contributed by atoms with E-state index in [0.29, 0.717) is 17.3 Å². The lowest BCUT2D eigenvalue weighted by atomic mass is 10.0. The summed E-state index contributed by atoms with van der Waals surface area (Å²) in [5.41, 5.74) is 0.746. The average Bonchev–Trinajstić information content (AvgIpc) is 3.06. The molecule has 0 bridgehead atoms. The highest BCUT2D eigenvalue weighted by Crippen LogP contribution is 2.30. The fourth-order valence-electron chi connectivity index (χ4n) is 2.90. The zero-order chi connectivity index (χ0) is 21.7. The fraction of sp³-hybridized carbons (Fsp3) is 0.286. The first-order valence-electron chi connectivity index (χ1n) is 9.27. The number of nitrogens with zero attached hydrogens (tertiary/aromatic N) is 3. The van der Waals surface area contributed by atoms with E-state index in [0.717, 1.165) is 23.5 Å². The second-order valence-corrected chi connectivity index (χ2v) is 7.75. The first kappa shape index (κ1) is 21.9. The Hall–Kier alpha value is -2.81. The van der Waals surface area contributed by atoms with Crippen LogP contribution in [0.3, 0.4) is 0 Å². The molecule has 1 aromatic heterocycles. The molecule has 1 amide bonds. The molecule has 1 heterocycles. The minimum absolute atomic E-state index is 0.0796. The molecular weight excluding hydrogens is 413 g/mol. The number of amides is 1. The van der Waals surface area contributed by atoms with Crippen LogP contribution in [0.1, 0.15) is 35.5 Å². The second-order valence-electron chi connectivity index (χ2n) is 6.80. The van der Waals surface area contributed by atoms with Crippen molar-refractivity contribution in [1.82, 2.24) is 20.1 Å². The Morgan fingerprint density at radius 3 is 2.57 bits per heavy atom. The van der Waals surface area contributed by atoms with Gasteiger partial charge >= 0.3 is 6.18 Å². The number of hydrogen-bond donors (Lipinski definition) is 1. The minimum atomic E-state index is -4.42. The van der Waals surface area contributed by atoms with Gasteiger partial charge in [-0.15, -0.1) is 10.2 Å². The van der Waals surface area contributed by atoms with E-state index in [1.54, 1.807) is 13.0 Å². The molecule has 0 aliphatic carbocycles. The van der Waals surface area contributed by atoms with Crippen molar-refractivity contribution >= 4 is 17.7 Å². The van der Waals surface area contributed by atoms with Crippen LogP contribution < -0.4 is 5.32 Å². The molecule has 0 fully saturated rings. The molecule has 0 saturated heterocycles. The molecule has 1 N–H and O–H groups in total. The molecule has 0 aliphatic rings. The van der Waals surface area contributed by atoms with Crippen molar-refractivity contribution in [3.8, 4) is 0 Å². The number of halogens is 3. The van der Waals surface area contributed by atoms with Gasteiger partial charge < -0.3 is 9.88 Å². The largest absolute Gasteiger partial charge is 0.416 e. The van der Waals surface area contributed by atoms with Crippen molar-refractivity contribution in [3.63, 3.8) is 0 Å². The second kappa shape index (κ2) is 9.34. The van der Waals surface area contributed by atoms with Gasteiger partial charge in [-0.1, -0.05) is 54.2 Å². The smallest absolute Gasteiger partial charge is 0.349 e. The van der Waals surface area contributed by atoms with Gasteiger partial charge in [0, 0.05) is 0 Å². The maximum absolute atomic E-state index is 12.9. The molecule has 5 nitrogen and oxygen atoms in total. The molecule has 0 spiro atoms. The molecule has 3 rings (SSSR count).